The summed E-state index contributed by atoms with van der Waals surface area (Å²) >= 11 is 0. The van der Waals surface area contributed by atoms with Crippen molar-refractivity contribution in [3.63, 3.8) is 0 Å². The molecule has 8 aromatic rings. The van der Waals surface area contributed by atoms with E-state index in [1.54, 1.807) is 86.1 Å². The van der Waals surface area contributed by atoms with Crippen LogP contribution < -0.4 is 88.3 Å². The van der Waals surface area contributed by atoms with Crippen molar-refractivity contribution in [3.8, 4) is 11.5 Å². The Morgan fingerprint density at radius 1 is 0.420 bits per heavy atom. The minimum atomic E-state index is -4.49. The van der Waals surface area contributed by atoms with Crippen molar-refractivity contribution in [2.75, 3.05) is 156 Å². The third kappa shape index (κ3) is 33.2. The van der Waals surface area contributed by atoms with Gasteiger partial charge in [0.2, 0.25) is 84.2 Å². The second-order valence-corrected chi connectivity index (χ2v) is 38.4. The van der Waals surface area contributed by atoms with Gasteiger partial charge in [0, 0.05) is 200 Å². The Morgan fingerprint density at radius 3 is 1.15 bits per heavy atom. The summed E-state index contributed by atoms with van der Waals surface area (Å²) in [6.07, 6.45) is 9.78. The Hall–Kier alpha value is -13.3. The maximum Gasteiger partial charge on any atom is 0.325 e. The Morgan fingerprint density at radius 2 is 0.790 bits per heavy atom. The Bertz CT molecular complexity index is 6120. The van der Waals surface area contributed by atoms with Crippen LogP contribution in [0.1, 0.15) is 140 Å². The number of ether oxygens (including phenoxy) is 4. The van der Waals surface area contributed by atoms with Crippen molar-refractivity contribution in [1.82, 2.24) is 105 Å². The number of nitrogens with one attached hydrogen (secondary N) is 13. The maximum atomic E-state index is 14.5. The van der Waals surface area contributed by atoms with Crippen LogP contribution in [-0.2, 0) is 114 Å². The lowest BCUT2D eigenvalue weighted by molar-refractivity contribution is -0.143. The van der Waals surface area contributed by atoms with Crippen LogP contribution in [-0.4, -0.2) is 305 Å². The van der Waals surface area contributed by atoms with Gasteiger partial charge in [0.25, 0.3) is 11.8 Å². The van der Waals surface area contributed by atoms with E-state index >= 15 is 0 Å². The number of benzene rings is 4. The number of aromatic nitrogens is 6. The first-order valence-corrected chi connectivity index (χ1v) is 51.0. The van der Waals surface area contributed by atoms with E-state index in [9.17, 15) is 79.2 Å². The molecule has 1 saturated heterocycles. The first-order valence-electron chi connectivity index (χ1n) is 48.0. The molecule has 143 heavy (non-hydrogen) atoms. The minimum Gasteiger partial charge on any atom is -0.494 e. The van der Waals surface area contributed by atoms with Gasteiger partial charge in [-0.05, 0) is 161 Å². The molecule has 5 atom stereocenters. The number of sulfonamides is 2. The van der Waals surface area contributed by atoms with E-state index in [1.807, 2.05) is 40.3 Å². The number of hydrogen-bond acceptors (Lipinski definition) is 29. The molecular weight excluding hydrogens is 1890 g/mol. The smallest absolute Gasteiger partial charge is 0.325 e. The van der Waals surface area contributed by atoms with Crippen LogP contribution in [0.3, 0.4) is 0 Å². The number of pyridine rings is 2. The van der Waals surface area contributed by atoms with Gasteiger partial charge >= 0.3 is 11.9 Å². The molecule has 780 valence electrons. The molecule has 0 unspecified atom stereocenters. The SMILES string of the molecule is CC[C@H](NC(=O)CC[C@H](NC(=O)CN1CCN(CC)CCN(CC)CCN(CC)CC1)C(=O)N[C@@H](CC)C(=O)NCCNC(=O)CCCOc1cc(C)c(S(=O)(=O)N[C@@H](CNC(=O)c2cn(C)c3cc(CNc4nccn4C)ccc3c2=O)C(=O)OC)c(C)c1)C(=O)NCCNC(=O)CCCOc1cc(C)c(S(=O)(=O)N[C@@H](CNC(=O)c2cn(C)c3cc(CNc4nccn4C)ccc3c2=O)C(=O)OC)c(C)c1. The van der Waals surface area contributed by atoms with E-state index in [-0.39, 0.29) is 175 Å². The summed E-state index contributed by atoms with van der Waals surface area (Å²) in [4.78, 5) is 194. The van der Waals surface area contributed by atoms with E-state index in [4.69, 9.17) is 18.9 Å². The number of fused-ring (bicyclic) bond motifs is 2. The molecule has 0 spiro atoms. The number of likely N-dealkylation sites (N-methyl/N-ethyl adjacent to an activating group) is 3. The Balaban J connectivity index is 0.710. The molecule has 44 nitrogen and oxygen atoms in total. The number of carbonyl (C=O) groups is 11. The van der Waals surface area contributed by atoms with E-state index < -0.39 is 127 Å². The lowest BCUT2D eigenvalue weighted by atomic mass is 10.1. The van der Waals surface area contributed by atoms with Crippen LogP contribution in [0.5, 0.6) is 11.5 Å². The van der Waals surface area contributed by atoms with Crippen molar-refractivity contribution in [2.45, 2.75) is 167 Å². The first-order chi connectivity index (χ1) is 68.2. The zero-order valence-corrected chi connectivity index (χ0v) is 85.8. The highest BCUT2D eigenvalue weighted by Crippen LogP contribution is 2.29. The molecule has 0 radical (unpaired) electrons. The number of aryl methyl sites for hydroxylation is 8. The zero-order chi connectivity index (χ0) is 104. The standard InChI is InChI=1S/C97H139N23O21S2/c1-16-74(91(129)100-33-31-98-81(121)23-21-47-140-68-49-62(6)87(63(7)50-68)142(134,135)111-77(94(132)138-14)57-104-89(127)72-59-115(12)79-53-66(25-27-70(79)85(72)125)55-106-96-102-35-37-113(96)10)108-83(123)30-29-76(109-84(124)61-120-45-43-118(19-4)41-39-117(18-3)40-42-119(20-5)44-46-120)93(131)110-75(17-2)92(130)101-34-32-99-82(122)24-22-48-141-69-51-64(8)88(65(9)52-69)143(136,137)112-78(95(133)139-15)58-105-90(128)73-60-116(13)80-54-67(26-28-71(80)86(73)126)56-107-97-103-36-38-114(97)11/h25-28,35-38,49-54,59-60,74-78,111-112H,16-24,29-34,39-48,55-58,61H2,1-15H3,(H,98,121)(H,99,122)(H,100,129)(H,101,130)(H,102,106)(H,103,107)(H,104,127)(H,105,128)(H,108,123)(H,109,124)(H,110,131)/t74-,75-,76-,77-,78-/m0/s1. The van der Waals surface area contributed by atoms with E-state index in [2.05, 4.69) is 113 Å². The Labute approximate surface area is 833 Å². The largest absolute Gasteiger partial charge is 0.494 e. The van der Waals surface area contributed by atoms with Gasteiger partial charge in [0.15, 0.2) is 0 Å². The van der Waals surface area contributed by atoms with Crippen molar-refractivity contribution in [2.24, 2.45) is 28.2 Å². The molecule has 1 aliphatic rings. The summed E-state index contributed by atoms with van der Waals surface area (Å²) in [6, 6.07) is 9.54. The second-order valence-electron chi connectivity index (χ2n) is 35.1. The normalized spacial score (nSPS) is 14.2. The minimum absolute atomic E-state index is 0.00225. The number of nitrogens with zero attached hydrogens (tertiary/aromatic N) is 10. The van der Waals surface area contributed by atoms with E-state index in [1.165, 1.54) is 64.4 Å². The fraction of sp³-hybridized carbons (Fsp3) is 0.515. The van der Waals surface area contributed by atoms with Crippen LogP contribution in [0.15, 0.2) is 117 Å². The summed E-state index contributed by atoms with van der Waals surface area (Å²) in [5.41, 5.74) is 2.13. The summed E-state index contributed by atoms with van der Waals surface area (Å²) in [5, 5.41) is 31.3. The average molecular weight is 2030 g/mol. The highest BCUT2D eigenvalue weighted by Gasteiger charge is 2.35. The third-order valence-electron chi connectivity index (χ3n) is 24.6. The molecule has 4 aromatic heterocycles. The number of hydrogen-bond donors (Lipinski definition) is 13. The molecule has 5 heterocycles. The third-order valence-corrected chi connectivity index (χ3v) is 28.2. The molecule has 9 rings (SSSR count). The fourth-order valence-corrected chi connectivity index (χ4v) is 19.8. The number of esters is 2. The molecule has 9 amide bonds. The van der Waals surface area contributed by atoms with Gasteiger partial charge in [-0.3, -0.25) is 67.2 Å². The molecular formula is C97H139N23O21S2. The highest BCUT2D eigenvalue weighted by atomic mass is 32.2. The number of amides is 9. The monoisotopic (exact) mass is 2030 g/mol. The van der Waals surface area contributed by atoms with Crippen molar-refractivity contribution >= 4 is 119 Å². The van der Waals surface area contributed by atoms with Gasteiger partial charge in [-0.15, -0.1) is 0 Å². The Kier molecular flexibility index (Phi) is 43.5. The second kappa shape index (κ2) is 54.8. The molecule has 0 aliphatic carbocycles. The van der Waals surface area contributed by atoms with Gasteiger partial charge in [-0.25, -0.2) is 26.8 Å². The van der Waals surface area contributed by atoms with Gasteiger partial charge in [-0.1, -0.05) is 46.8 Å². The predicted octanol–water partition coefficient (Wildman–Crippen LogP) is 1.63. The highest BCUT2D eigenvalue weighted by molar-refractivity contribution is 7.90. The van der Waals surface area contributed by atoms with Crippen molar-refractivity contribution in [3.05, 3.63) is 163 Å². The van der Waals surface area contributed by atoms with Gasteiger partial charge < -0.3 is 110 Å². The number of carbonyl (C=O) groups excluding carboxylic acids is 11. The molecule has 1 aliphatic heterocycles. The maximum absolute atomic E-state index is 14.5. The topological polar surface area (TPSA) is 542 Å². The summed E-state index contributed by atoms with van der Waals surface area (Å²) < 4.78 is 89.4. The number of imidazole rings is 2. The van der Waals surface area contributed by atoms with Crippen LogP contribution in [0.4, 0.5) is 11.9 Å². The lowest BCUT2D eigenvalue weighted by Gasteiger charge is -2.33. The molecule has 4 aromatic carbocycles. The van der Waals surface area contributed by atoms with Crippen molar-refractivity contribution < 1.29 is 88.5 Å². The summed E-state index contributed by atoms with van der Waals surface area (Å²) in [5.74, 6) is -5.60. The number of rotatable bonds is 52. The molecule has 0 saturated carbocycles. The predicted molar refractivity (Wildman–Crippen MR) is 538 cm³/mol. The van der Waals surface area contributed by atoms with Gasteiger partial charge in [-0.2, -0.15) is 9.44 Å². The van der Waals surface area contributed by atoms with Crippen LogP contribution >= 0.6 is 0 Å². The molecule has 1 fully saturated rings. The van der Waals surface area contributed by atoms with Crippen LogP contribution in [0.25, 0.3) is 21.8 Å². The summed E-state index contributed by atoms with van der Waals surface area (Å²) in [6.45, 7) is 23.9. The van der Waals surface area contributed by atoms with E-state index in [0.717, 1.165) is 71.2 Å². The lowest BCUT2D eigenvalue weighted by Crippen LogP contribution is -2.55. The molecule has 0 bridgehead atoms. The fourth-order valence-electron chi connectivity index (χ4n) is 16.5. The quantitative estimate of drug-likeness (QED) is 0.0190. The molecule has 46 heteroatoms. The van der Waals surface area contributed by atoms with Crippen LogP contribution in [0, 0.1) is 27.7 Å². The van der Waals surface area contributed by atoms with Crippen molar-refractivity contribution in [1.29, 1.82) is 0 Å². The first kappa shape index (κ1) is 113. The molecule has 13 N–H and O–H groups in total. The number of anilines is 2. The zero-order valence-electron chi connectivity index (χ0n) is 84.2. The van der Waals surface area contributed by atoms with E-state index in [0.29, 0.717) is 62.2 Å². The summed E-state index contributed by atoms with van der Waals surface area (Å²) in [7, 11) is 0.178. The number of methoxy groups -OCH3 is 2. The van der Waals surface area contributed by atoms with Crippen LogP contribution in [0.2, 0.25) is 0 Å². The van der Waals surface area contributed by atoms with Gasteiger partial charge in [0.1, 0.15) is 52.8 Å². The average Bonchev–Trinajstić information content (AvgIpc) is 1.46. The van der Waals surface area contributed by atoms with Gasteiger partial charge in [0.05, 0.1) is 54.8 Å².